The first kappa shape index (κ1) is 18.5. The number of amides is 1. The molecule has 0 radical (unpaired) electrons. The van der Waals surface area contributed by atoms with Gasteiger partial charge in [0.1, 0.15) is 11.4 Å². The molecule has 0 atom stereocenters. The monoisotopic (exact) mass is 393 g/mol. The summed E-state index contributed by atoms with van der Waals surface area (Å²) >= 11 is 3.43. The Hall–Kier alpha value is -1.82. The highest BCUT2D eigenvalue weighted by molar-refractivity contribution is 9.09. The number of alkyl halides is 1. The maximum Gasteiger partial charge on any atom is 0.269 e. The SMILES string of the molecule is Cc1cc(C(=O)NCc2cccc(OCCCCCBr)c2)n(C)n1. The fourth-order valence-electron chi connectivity index (χ4n) is 2.40. The summed E-state index contributed by atoms with van der Waals surface area (Å²) in [7, 11) is 1.77. The average Bonchev–Trinajstić information content (AvgIpc) is 2.91. The molecule has 1 heterocycles. The Kier molecular flexibility index (Phi) is 7.31. The molecule has 24 heavy (non-hydrogen) atoms. The molecule has 0 saturated carbocycles. The molecule has 0 unspecified atom stereocenters. The van der Waals surface area contributed by atoms with Crippen LogP contribution in [-0.2, 0) is 13.6 Å². The molecule has 1 aromatic heterocycles. The molecule has 0 aliphatic carbocycles. The maximum atomic E-state index is 12.2. The van der Waals surface area contributed by atoms with Crippen LogP contribution in [0.5, 0.6) is 5.75 Å². The summed E-state index contributed by atoms with van der Waals surface area (Å²) in [6.45, 7) is 3.05. The van der Waals surface area contributed by atoms with Gasteiger partial charge in [0, 0.05) is 18.9 Å². The molecular weight excluding hydrogens is 370 g/mol. The quantitative estimate of drug-likeness (QED) is 0.522. The van der Waals surface area contributed by atoms with Crippen molar-refractivity contribution in [2.24, 2.45) is 7.05 Å². The maximum absolute atomic E-state index is 12.2. The number of nitrogens with one attached hydrogen (secondary N) is 1. The van der Waals surface area contributed by atoms with Crippen LogP contribution in [0, 0.1) is 6.92 Å². The molecule has 0 aliphatic rings. The van der Waals surface area contributed by atoms with Crippen LogP contribution in [0.25, 0.3) is 0 Å². The largest absolute Gasteiger partial charge is 0.494 e. The number of nitrogens with zero attached hydrogens (tertiary/aromatic N) is 2. The molecule has 1 amide bonds. The van der Waals surface area contributed by atoms with E-state index in [-0.39, 0.29) is 5.91 Å². The number of carbonyl (C=O) groups excluding carboxylic acids is 1. The van der Waals surface area contributed by atoms with Crippen LogP contribution in [0.15, 0.2) is 30.3 Å². The summed E-state index contributed by atoms with van der Waals surface area (Å²) < 4.78 is 7.36. The van der Waals surface area contributed by atoms with E-state index in [1.807, 2.05) is 31.2 Å². The Balaban J connectivity index is 1.83. The van der Waals surface area contributed by atoms with Crippen molar-refractivity contribution in [3.8, 4) is 5.75 Å². The standard InChI is InChI=1S/C18H24BrN3O2/c1-14-11-17(22(2)21-14)18(23)20-13-15-7-6-8-16(12-15)24-10-5-3-4-9-19/h6-8,11-12H,3-5,9-10,13H2,1-2H3,(H,20,23). The number of aryl methyl sites for hydroxylation is 2. The van der Waals surface area contributed by atoms with Gasteiger partial charge in [-0.25, -0.2) is 0 Å². The van der Waals surface area contributed by atoms with Crippen molar-refractivity contribution in [1.29, 1.82) is 0 Å². The van der Waals surface area contributed by atoms with Gasteiger partial charge in [-0.15, -0.1) is 0 Å². The van der Waals surface area contributed by atoms with E-state index >= 15 is 0 Å². The highest BCUT2D eigenvalue weighted by atomic mass is 79.9. The van der Waals surface area contributed by atoms with E-state index in [2.05, 4.69) is 26.3 Å². The number of ether oxygens (including phenoxy) is 1. The predicted octanol–water partition coefficient (Wildman–Crippen LogP) is 3.60. The van der Waals surface area contributed by atoms with Crippen molar-refractivity contribution >= 4 is 21.8 Å². The highest BCUT2D eigenvalue weighted by Gasteiger charge is 2.11. The first-order chi connectivity index (χ1) is 11.6. The summed E-state index contributed by atoms with van der Waals surface area (Å²) in [5.74, 6) is 0.719. The molecule has 0 fully saturated rings. The first-order valence-electron chi connectivity index (χ1n) is 8.16. The van der Waals surface area contributed by atoms with Crippen LogP contribution in [0.4, 0.5) is 0 Å². The zero-order valence-electron chi connectivity index (χ0n) is 14.2. The van der Waals surface area contributed by atoms with Crippen LogP contribution in [-0.4, -0.2) is 27.6 Å². The second kappa shape index (κ2) is 9.47. The number of unbranched alkanes of at least 4 members (excludes halogenated alkanes) is 2. The molecule has 1 N–H and O–H groups in total. The number of hydrogen-bond donors (Lipinski definition) is 1. The van der Waals surface area contributed by atoms with Gasteiger partial charge in [-0.1, -0.05) is 28.1 Å². The predicted molar refractivity (Wildman–Crippen MR) is 98.7 cm³/mol. The molecule has 1 aromatic carbocycles. The number of halogens is 1. The lowest BCUT2D eigenvalue weighted by Crippen LogP contribution is -2.25. The molecule has 0 aliphatic heterocycles. The minimum absolute atomic E-state index is 0.126. The summed E-state index contributed by atoms with van der Waals surface area (Å²) in [4.78, 5) is 12.2. The third-order valence-corrected chi connectivity index (χ3v) is 4.19. The van der Waals surface area contributed by atoms with E-state index in [1.165, 1.54) is 6.42 Å². The van der Waals surface area contributed by atoms with Crippen molar-refractivity contribution in [3.05, 3.63) is 47.3 Å². The number of benzene rings is 1. The van der Waals surface area contributed by atoms with Gasteiger partial charge in [0.15, 0.2) is 0 Å². The van der Waals surface area contributed by atoms with E-state index in [4.69, 9.17) is 4.74 Å². The lowest BCUT2D eigenvalue weighted by molar-refractivity contribution is 0.0941. The Morgan fingerprint density at radius 1 is 1.29 bits per heavy atom. The zero-order valence-corrected chi connectivity index (χ0v) is 15.8. The molecule has 130 valence electrons. The number of aromatic nitrogens is 2. The molecule has 6 heteroatoms. The van der Waals surface area contributed by atoms with Crippen molar-refractivity contribution in [1.82, 2.24) is 15.1 Å². The molecule has 5 nitrogen and oxygen atoms in total. The average molecular weight is 394 g/mol. The molecule has 0 bridgehead atoms. The smallest absolute Gasteiger partial charge is 0.269 e. The van der Waals surface area contributed by atoms with Crippen molar-refractivity contribution in [2.75, 3.05) is 11.9 Å². The Morgan fingerprint density at radius 3 is 2.83 bits per heavy atom. The van der Waals surface area contributed by atoms with Crippen molar-refractivity contribution < 1.29 is 9.53 Å². The Bertz CT molecular complexity index is 670. The van der Waals surface area contributed by atoms with Crippen LogP contribution in [0.1, 0.15) is 41.0 Å². The fourth-order valence-corrected chi connectivity index (χ4v) is 2.80. The van der Waals surface area contributed by atoms with Gasteiger partial charge in [0.2, 0.25) is 0 Å². The van der Waals surface area contributed by atoms with E-state index in [1.54, 1.807) is 17.8 Å². The minimum Gasteiger partial charge on any atom is -0.494 e. The van der Waals surface area contributed by atoms with Gasteiger partial charge in [-0.2, -0.15) is 5.10 Å². The summed E-state index contributed by atoms with van der Waals surface area (Å²) in [5, 5.41) is 8.15. The third kappa shape index (κ3) is 5.67. The van der Waals surface area contributed by atoms with E-state index < -0.39 is 0 Å². The third-order valence-electron chi connectivity index (χ3n) is 3.63. The molecule has 0 spiro atoms. The summed E-state index contributed by atoms with van der Waals surface area (Å²) in [6.07, 6.45) is 3.38. The van der Waals surface area contributed by atoms with Crippen LogP contribution >= 0.6 is 15.9 Å². The molecule has 2 rings (SSSR count). The van der Waals surface area contributed by atoms with Crippen molar-refractivity contribution in [2.45, 2.75) is 32.7 Å². The number of carbonyl (C=O) groups is 1. The Morgan fingerprint density at radius 2 is 2.12 bits per heavy atom. The highest BCUT2D eigenvalue weighted by Crippen LogP contribution is 2.14. The number of rotatable bonds is 9. The zero-order chi connectivity index (χ0) is 17.4. The lowest BCUT2D eigenvalue weighted by atomic mass is 10.2. The van der Waals surface area contributed by atoms with Gasteiger partial charge in [-0.3, -0.25) is 9.48 Å². The van der Waals surface area contributed by atoms with Crippen LogP contribution in [0.2, 0.25) is 0 Å². The normalized spacial score (nSPS) is 10.6. The van der Waals surface area contributed by atoms with Gasteiger partial charge >= 0.3 is 0 Å². The summed E-state index contributed by atoms with van der Waals surface area (Å²) in [5.41, 5.74) is 2.41. The van der Waals surface area contributed by atoms with Crippen molar-refractivity contribution in [3.63, 3.8) is 0 Å². The van der Waals surface area contributed by atoms with E-state index in [0.717, 1.165) is 41.8 Å². The van der Waals surface area contributed by atoms with Crippen LogP contribution in [0.3, 0.4) is 0 Å². The molecule has 0 saturated heterocycles. The first-order valence-corrected chi connectivity index (χ1v) is 9.29. The fraction of sp³-hybridized carbons (Fsp3) is 0.444. The van der Waals surface area contributed by atoms with Gasteiger partial charge in [0.25, 0.3) is 5.91 Å². The Labute approximate surface area is 151 Å². The topological polar surface area (TPSA) is 56.1 Å². The van der Waals surface area contributed by atoms with Crippen LogP contribution < -0.4 is 10.1 Å². The second-order valence-corrected chi connectivity index (χ2v) is 6.52. The molecule has 2 aromatic rings. The lowest BCUT2D eigenvalue weighted by Gasteiger charge is -2.09. The van der Waals surface area contributed by atoms with E-state index in [9.17, 15) is 4.79 Å². The van der Waals surface area contributed by atoms with Gasteiger partial charge < -0.3 is 10.1 Å². The number of hydrogen-bond acceptors (Lipinski definition) is 3. The summed E-state index contributed by atoms with van der Waals surface area (Å²) in [6, 6.07) is 9.62. The molecular formula is C18H24BrN3O2. The second-order valence-electron chi connectivity index (χ2n) is 5.72. The van der Waals surface area contributed by atoms with E-state index in [0.29, 0.717) is 12.2 Å². The minimum atomic E-state index is -0.126. The van der Waals surface area contributed by atoms with Gasteiger partial charge in [0.05, 0.1) is 12.3 Å². The van der Waals surface area contributed by atoms with Gasteiger partial charge in [-0.05, 0) is 49.9 Å².